The number of hydrogen-bond acceptors (Lipinski definition) is 2. The molecule has 1 N–H and O–H groups in total. The molecule has 0 amide bonds. The van der Waals surface area contributed by atoms with Crippen molar-refractivity contribution in [2.45, 2.75) is 38.1 Å². The lowest BCUT2D eigenvalue weighted by molar-refractivity contribution is 0.0906. The van der Waals surface area contributed by atoms with E-state index in [4.69, 9.17) is 16.3 Å². The molecule has 2 saturated carbocycles. The molecule has 1 unspecified atom stereocenters. The second-order valence-electron chi connectivity index (χ2n) is 6.32. The first-order valence-corrected chi connectivity index (χ1v) is 8.23. The Bertz CT molecular complexity index is 429. The van der Waals surface area contributed by atoms with E-state index in [1.165, 1.54) is 31.2 Å². The fourth-order valence-corrected chi connectivity index (χ4v) is 2.68. The van der Waals surface area contributed by atoms with Crippen molar-refractivity contribution in [1.29, 1.82) is 0 Å². The zero-order chi connectivity index (χ0) is 13.8. The van der Waals surface area contributed by atoms with E-state index in [1.54, 1.807) is 0 Å². The summed E-state index contributed by atoms with van der Waals surface area (Å²) >= 11 is 6.28. The van der Waals surface area contributed by atoms with Gasteiger partial charge < -0.3 is 10.1 Å². The lowest BCUT2D eigenvalue weighted by atomic mass is 10.00. The largest absolute Gasteiger partial charge is 0.381 e. The quantitative estimate of drug-likeness (QED) is 0.750. The maximum atomic E-state index is 6.28. The molecule has 3 rings (SSSR count). The summed E-state index contributed by atoms with van der Waals surface area (Å²) in [5.74, 6) is 1.36. The summed E-state index contributed by atoms with van der Waals surface area (Å²) in [6.45, 7) is 2.84. The Morgan fingerprint density at radius 3 is 2.70 bits per heavy atom. The van der Waals surface area contributed by atoms with Crippen molar-refractivity contribution < 1.29 is 4.74 Å². The van der Waals surface area contributed by atoms with E-state index in [9.17, 15) is 0 Å². The van der Waals surface area contributed by atoms with Crippen molar-refractivity contribution >= 4 is 11.6 Å². The summed E-state index contributed by atoms with van der Waals surface area (Å²) in [5.41, 5.74) is 1.24. The van der Waals surface area contributed by atoms with Crippen molar-refractivity contribution in [3.8, 4) is 0 Å². The van der Waals surface area contributed by atoms with Gasteiger partial charge in [0.2, 0.25) is 0 Å². The van der Waals surface area contributed by atoms with Crippen LogP contribution in [0.15, 0.2) is 24.3 Å². The van der Waals surface area contributed by atoms with Crippen molar-refractivity contribution in [2.75, 3.05) is 19.8 Å². The Morgan fingerprint density at radius 2 is 2.00 bits per heavy atom. The zero-order valence-corrected chi connectivity index (χ0v) is 12.7. The van der Waals surface area contributed by atoms with Gasteiger partial charge >= 0.3 is 0 Å². The first-order valence-electron chi connectivity index (χ1n) is 7.86. The van der Waals surface area contributed by atoms with Crippen LogP contribution < -0.4 is 5.32 Å². The highest BCUT2D eigenvalue weighted by Gasteiger charge is 2.24. The molecule has 0 bridgehead atoms. The molecule has 2 aliphatic rings. The van der Waals surface area contributed by atoms with Crippen LogP contribution in [0.25, 0.3) is 0 Å². The summed E-state index contributed by atoms with van der Waals surface area (Å²) in [4.78, 5) is 0. The SMILES string of the molecule is Clc1ccccc1CC(CNC1CC1)COCC1CC1. The molecule has 110 valence electrons. The highest BCUT2D eigenvalue weighted by atomic mass is 35.5. The Hall–Kier alpha value is -0.570. The molecule has 0 aromatic heterocycles. The molecule has 1 aromatic rings. The van der Waals surface area contributed by atoms with Crippen LogP contribution in [-0.2, 0) is 11.2 Å². The molecule has 2 fully saturated rings. The van der Waals surface area contributed by atoms with Gasteiger partial charge in [0, 0.05) is 24.2 Å². The van der Waals surface area contributed by atoms with Gasteiger partial charge in [-0.25, -0.2) is 0 Å². The Balaban J connectivity index is 1.50. The number of rotatable bonds is 9. The van der Waals surface area contributed by atoms with Crippen LogP contribution in [0, 0.1) is 11.8 Å². The van der Waals surface area contributed by atoms with Crippen LogP contribution in [0.1, 0.15) is 31.2 Å². The van der Waals surface area contributed by atoms with E-state index < -0.39 is 0 Å². The van der Waals surface area contributed by atoms with Gasteiger partial charge in [-0.05, 0) is 55.6 Å². The molecular weight excluding hydrogens is 270 g/mol. The first-order chi connectivity index (χ1) is 9.81. The molecular formula is C17H24ClNO. The second kappa shape index (κ2) is 6.93. The standard InChI is InChI=1S/C17H24ClNO/c18-17-4-2-1-3-15(17)9-14(10-19-16-7-8-16)12-20-11-13-5-6-13/h1-4,13-14,16,19H,5-12H2. The summed E-state index contributed by atoms with van der Waals surface area (Å²) in [7, 11) is 0. The van der Waals surface area contributed by atoms with Gasteiger partial charge in [0.1, 0.15) is 0 Å². The van der Waals surface area contributed by atoms with Crippen molar-refractivity contribution in [2.24, 2.45) is 11.8 Å². The predicted octanol–water partition coefficient (Wildman–Crippen LogP) is 3.68. The molecule has 1 atom stereocenters. The van der Waals surface area contributed by atoms with E-state index in [2.05, 4.69) is 17.4 Å². The molecule has 0 aliphatic heterocycles. The van der Waals surface area contributed by atoms with Gasteiger partial charge in [-0.2, -0.15) is 0 Å². The predicted molar refractivity (Wildman–Crippen MR) is 83.2 cm³/mol. The maximum Gasteiger partial charge on any atom is 0.0509 e. The van der Waals surface area contributed by atoms with E-state index in [1.807, 2.05) is 12.1 Å². The van der Waals surface area contributed by atoms with Gasteiger partial charge in [0.25, 0.3) is 0 Å². The van der Waals surface area contributed by atoms with Crippen molar-refractivity contribution in [1.82, 2.24) is 5.32 Å². The summed E-state index contributed by atoms with van der Waals surface area (Å²) in [5, 5.41) is 4.51. The monoisotopic (exact) mass is 293 g/mol. The van der Waals surface area contributed by atoms with Gasteiger partial charge in [-0.1, -0.05) is 29.8 Å². The molecule has 0 saturated heterocycles. The smallest absolute Gasteiger partial charge is 0.0509 e. The molecule has 20 heavy (non-hydrogen) atoms. The third-order valence-corrected chi connectivity index (χ3v) is 4.51. The molecule has 2 nitrogen and oxygen atoms in total. The molecule has 0 spiro atoms. The van der Waals surface area contributed by atoms with Crippen LogP contribution in [0.3, 0.4) is 0 Å². The average Bonchev–Trinajstić information content (AvgIpc) is 3.33. The van der Waals surface area contributed by atoms with E-state index in [0.717, 1.165) is 43.2 Å². The Kier molecular flexibility index (Phi) is 4.98. The summed E-state index contributed by atoms with van der Waals surface area (Å²) in [6.07, 6.45) is 6.39. The molecule has 1 aromatic carbocycles. The van der Waals surface area contributed by atoms with Gasteiger partial charge in [0.05, 0.1) is 6.61 Å². The Labute approximate surface area is 126 Å². The summed E-state index contributed by atoms with van der Waals surface area (Å²) in [6, 6.07) is 8.93. The molecule has 3 heteroatoms. The number of ether oxygens (including phenoxy) is 1. The topological polar surface area (TPSA) is 21.3 Å². The fraction of sp³-hybridized carbons (Fsp3) is 0.647. The second-order valence-corrected chi connectivity index (χ2v) is 6.73. The first kappa shape index (κ1) is 14.4. The number of benzene rings is 1. The lowest BCUT2D eigenvalue weighted by Crippen LogP contribution is -2.29. The van der Waals surface area contributed by atoms with Crippen LogP contribution in [0.5, 0.6) is 0 Å². The average molecular weight is 294 g/mol. The normalized spacial score (nSPS) is 20.1. The van der Waals surface area contributed by atoms with Crippen molar-refractivity contribution in [3.05, 3.63) is 34.9 Å². The number of hydrogen-bond donors (Lipinski definition) is 1. The van der Waals surface area contributed by atoms with E-state index >= 15 is 0 Å². The molecule has 0 heterocycles. The minimum atomic E-state index is 0.522. The van der Waals surface area contributed by atoms with Crippen LogP contribution in [0.2, 0.25) is 5.02 Å². The van der Waals surface area contributed by atoms with E-state index in [-0.39, 0.29) is 0 Å². The minimum absolute atomic E-state index is 0.522. The highest BCUT2D eigenvalue weighted by Crippen LogP contribution is 2.29. The molecule has 0 radical (unpaired) electrons. The number of halogens is 1. The van der Waals surface area contributed by atoms with Crippen LogP contribution in [-0.4, -0.2) is 25.8 Å². The van der Waals surface area contributed by atoms with Gasteiger partial charge in [-0.15, -0.1) is 0 Å². The maximum absolute atomic E-state index is 6.28. The number of nitrogens with one attached hydrogen (secondary N) is 1. The third-order valence-electron chi connectivity index (χ3n) is 4.14. The molecule has 2 aliphatic carbocycles. The third kappa shape index (κ3) is 4.76. The highest BCUT2D eigenvalue weighted by molar-refractivity contribution is 6.31. The minimum Gasteiger partial charge on any atom is -0.381 e. The zero-order valence-electron chi connectivity index (χ0n) is 12.0. The van der Waals surface area contributed by atoms with Crippen molar-refractivity contribution in [3.63, 3.8) is 0 Å². The Morgan fingerprint density at radius 1 is 1.20 bits per heavy atom. The lowest BCUT2D eigenvalue weighted by Gasteiger charge is -2.18. The van der Waals surface area contributed by atoms with Gasteiger partial charge in [0.15, 0.2) is 0 Å². The van der Waals surface area contributed by atoms with Gasteiger partial charge in [-0.3, -0.25) is 0 Å². The van der Waals surface area contributed by atoms with E-state index in [0.29, 0.717) is 5.92 Å². The summed E-state index contributed by atoms with van der Waals surface area (Å²) < 4.78 is 5.90. The van der Waals surface area contributed by atoms with Crippen LogP contribution >= 0.6 is 11.6 Å². The van der Waals surface area contributed by atoms with Crippen LogP contribution in [0.4, 0.5) is 0 Å². The fourth-order valence-electron chi connectivity index (χ4n) is 2.47.